The van der Waals surface area contributed by atoms with E-state index in [1.165, 1.54) is 13.8 Å². The molecule has 0 fully saturated rings. The minimum Gasteiger partial charge on any atom is -0.466 e. The van der Waals surface area contributed by atoms with Gasteiger partial charge in [0.15, 0.2) is 6.79 Å². The van der Waals surface area contributed by atoms with Crippen LogP contribution in [0.4, 0.5) is 0 Å². The van der Waals surface area contributed by atoms with E-state index in [2.05, 4.69) is 4.74 Å². The van der Waals surface area contributed by atoms with Crippen LogP contribution in [-0.2, 0) is 23.8 Å². The summed E-state index contributed by atoms with van der Waals surface area (Å²) in [7, 11) is 0. The lowest BCUT2D eigenvalue weighted by Crippen LogP contribution is -2.11. The first-order valence-corrected chi connectivity index (χ1v) is 5.37. The molecule has 0 aromatic rings. The Bertz CT molecular complexity index is 214. The maximum absolute atomic E-state index is 10.5. The molecule has 0 N–H and O–H groups in total. The molecule has 0 aromatic carbocycles. The van der Waals surface area contributed by atoms with E-state index in [0.29, 0.717) is 19.1 Å². The predicted molar refractivity (Wildman–Crippen MR) is 57.6 cm³/mol. The molecule has 1 atom stereocenters. The minimum absolute atomic E-state index is 0.00760. The fourth-order valence-corrected chi connectivity index (χ4v) is 1.06. The standard InChI is InChI=1S/C11H20O5/c1-9(7-15-10(2)12)5-4-6-14-8-16-11(3)13/h9H,4-8H2,1-3H3. The van der Waals surface area contributed by atoms with Crippen LogP contribution in [0.15, 0.2) is 0 Å². The summed E-state index contributed by atoms with van der Waals surface area (Å²) in [5.41, 5.74) is 0. The topological polar surface area (TPSA) is 61.8 Å². The quantitative estimate of drug-likeness (QED) is 0.360. The van der Waals surface area contributed by atoms with Crippen LogP contribution in [0.3, 0.4) is 0 Å². The van der Waals surface area contributed by atoms with E-state index in [1.807, 2.05) is 6.92 Å². The molecular weight excluding hydrogens is 212 g/mol. The molecule has 5 nitrogen and oxygen atoms in total. The summed E-state index contributed by atoms with van der Waals surface area (Å²) in [5.74, 6) is -0.276. The van der Waals surface area contributed by atoms with Crippen LogP contribution in [0.2, 0.25) is 0 Å². The number of rotatable bonds is 8. The van der Waals surface area contributed by atoms with E-state index >= 15 is 0 Å². The van der Waals surface area contributed by atoms with Crippen LogP contribution in [0.5, 0.6) is 0 Å². The molecule has 94 valence electrons. The van der Waals surface area contributed by atoms with Gasteiger partial charge in [0.2, 0.25) is 0 Å². The Morgan fingerprint density at radius 2 is 1.75 bits per heavy atom. The number of hydrogen-bond donors (Lipinski definition) is 0. The largest absolute Gasteiger partial charge is 0.466 e. The van der Waals surface area contributed by atoms with Gasteiger partial charge in [-0.25, -0.2) is 0 Å². The van der Waals surface area contributed by atoms with Crippen LogP contribution in [0.1, 0.15) is 33.6 Å². The maximum Gasteiger partial charge on any atom is 0.304 e. The van der Waals surface area contributed by atoms with Crippen LogP contribution >= 0.6 is 0 Å². The van der Waals surface area contributed by atoms with Crippen molar-refractivity contribution in [1.29, 1.82) is 0 Å². The van der Waals surface area contributed by atoms with Gasteiger partial charge in [0.05, 0.1) is 13.2 Å². The fourth-order valence-electron chi connectivity index (χ4n) is 1.06. The van der Waals surface area contributed by atoms with E-state index in [4.69, 9.17) is 9.47 Å². The molecule has 0 radical (unpaired) electrons. The van der Waals surface area contributed by atoms with Crippen molar-refractivity contribution >= 4 is 11.9 Å². The second kappa shape index (κ2) is 9.15. The van der Waals surface area contributed by atoms with Crippen LogP contribution < -0.4 is 0 Å². The van der Waals surface area contributed by atoms with Gasteiger partial charge in [0.1, 0.15) is 0 Å². The Morgan fingerprint density at radius 3 is 2.31 bits per heavy atom. The zero-order chi connectivity index (χ0) is 12.4. The third-order valence-corrected chi connectivity index (χ3v) is 1.90. The van der Waals surface area contributed by atoms with Gasteiger partial charge in [-0.1, -0.05) is 6.92 Å². The molecule has 0 amide bonds. The van der Waals surface area contributed by atoms with E-state index < -0.39 is 0 Å². The smallest absolute Gasteiger partial charge is 0.304 e. The van der Waals surface area contributed by atoms with E-state index in [0.717, 1.165) is 12.8 Å². The van der Waals surface area contributed by atoms with Gasteiger partial charge >= 0.3 is 11.9 Å². The molecule has 0 saturated carbocycles. The zero-order valence-electron chi connectivity index (χ0n) is 10.2. The molecule has 0 rings (SSSR count). The lowest BCUT2D eigenvalue weighted by molar-refractivity contribution is -0.153. The SMILES string of the molecule is CC(=O)OCOCCCC(C)COC(C)=O. The summed E-state index contributed by atoms with van der Waals surface area (Å²) in [6.07, 6.45) is 1.76. The highest BCUT2D eigenvalue weighted by molar-refractivity contribution is 5.66. The molecule has 0 aliphatic rings. The Balaban J connectivity index is 3.24. The number of esters is 2. The Morgan fingerprint density at radius 1 is 1.12 bits per heavy atom. The van der Waals surface area contributed by atoms with Crippen molar-refractivity contribution in [3.8, 4) is 0 Å². The summed E-state index contributed by atoms with van der Waals surface area (Å²) in [6.45, 7) is 5.74. The van der Waals surface area contributed by atoms with Crippen LogP contribution in [-0.4, -0.2) is 31.9 Å². The van der Waals surface area contributed by atoms with Gasteiger partial charge in [-0.05, 0) is 18.8 Å². The highest BCUT2D eigenvalue weighted by Crippen LogP contribution is 2.06. The third kappa shape index (κ3) is 11.0. The number of carbonyl (C=O) groups excluding carboxylic acids is 2. The van der Waals surface area contributed by atoms with Gasteiger partial charge < -0.3 is 14.2 Å². The first-order chi connectivity index (χ1) is 7.52. The van der Waals surface area contributed by atoms with Crippen molar-refractivity contribution < 1.29 is 23.8 Å². The molecule has 0 heterocycles. The third-order valence-electron chi connectivity index (χ3n) is 1.90. The van der Waals surface area contributed by atoms with E-state index in [-0.39, 0.29) is 18.7 Å². The van der Waals surface area contributed by atoms with Crippen LogP contribution in [0.25, 0.3) is 0 Å². The summed E-state index contributed by atoms with van der Waals surface area (Å²) in [5, 5.41) is 0. The van der Waals surface area contributed by atoms with Gasteiger partial charge in [-0.2, -0.15) is 0 Å². The molecule has 5 heteroatoms. The highest BCUT2D eigenvalue weighted by atomic mass is 16.7. The zero-order valence-corrected chi connectivity index (χ0v) is 10.2. The van der Waals surface area contributed by atoms with Gasteiger partial charge in [0, 0.05) is 13.8 Å². The Hall–Kier alpha value is -1.10. The molecular formula is C11H20O5. The molecule has 0 saturated heterocycles. The van der Waals surface area contributed by atoms with Crippen molar-refractivity contribution in [3.63, 3.8) is 0 Å². The van der Waals surface area contributed by atoms with Gasteiger partial charge in [-0.3, -0.25) is 9.59 Å². The summed E-state index contributed by atoms with van der Waals surface area (Å²) >= 11 is 0. The molecule has 0 spiro atoms. The predicted octanol–water partition coefficient (Wildman–Crippen LogP) is 1.50. The van der Waals surface area contributed by atoms with Crippen LogP contribution in [0, 0.1) is 5.92 Å². The lowest BCUT2D eigenvalue weighted by atomic mass is 10.1. The van der Waals surface area contributed by atoms with Gasteiger partial charge in [-0.15, -0.1) is 0 Å². The molecule has 0 aromatic heterocycles. The second-order valence-electron chi connectivity index (χ2n) is 3.71. The Labute approximate surface area is 96.1 Å². The Kier molecular flexibility index (Phi) is 8.52. The molecule has 0 aliphatic heterocycles. The first-order valence-electron chi connectivity index (χ1n) is 5.37. The minimum atomic E-state index is -0.344. The summed E-state index contributed by atoms with van der Waals surface area (Å²) < 4.78 is 14.5. The molecule has 0 bridgehead atoms. The number of ether oxygens (including phenoxy) is 3. The second-order valence-corrected chi connectivity index (χ2v) is 3.71. The molecule has 1 unspecified atom stereocenters. The summed E-state index contributed by atoms with van der Waals surface area (Å²) in [6, 6.07) is 0. The normalized spacial score (nSPS) is 11.9. The lowest BCUT2D eigenvalue weighted by Gasteiger charge is -2.10. The monoisotopic (exact) mass is 232 g/mol. The average molecular weight is 232 g/mol. The summed E-state index contributed by atoms with van der Waals surface area (Å²) in [4.78, 5) is 20.9. The maximum atomic E-state index is 10.5. The molecule has 0 aliphatic carbocycles. The van der Waals surface area contributed by atoms with Crippen molar-refractivity contribution in [2.24, 2.45) is 5.92 Å². The van der Waals surface area contributed by atoms with E-state index in [9.17, 15) is 9.59 Å². The van der Waals surface area contributed by atoms with Crippen molar-refractivity contribution in [2.75, 3.05) is 20.0 Å². The van der Waals surface area contributed by atoms with Crippen molar-refractivity contribution in [2.45, 2.75) is 33.6 Å². The highest BCUT2D eigenvalue weighted by Gasteiger charge is 2.04. The average Bonchev–Trinajstić information content (AvgIpc) is 2.19. The van der Waals surface area contributed by atoms with Crippen molar-refractivity contribution in [3.05, 3.63) is 0 Å². The van der Waals surface area contributed by atoms with E-state index in [1.54, 1.807) is 0 Å². The fraction of sp³-hybridized carbons (Fsp3) is 0.818. The van der Waals surface area contributed by atoms with Crippen molar-refractivity contribution in [1.82, 2.24) is 0 Å². The molecule has 16 heavy (non-hydrogen) atoms. The number of hydrogen-bond acceptors (Lipinski definition) is 5. The van der Waals surface area contributed by atoms with Gasteiger partial charge in [0.25, 0.3) is 0 Å². The number of carbonyl (C=O) groups is 2. The first kappa shape index (κ1) is 14.9.